The number of anilines is 1. The molecule has 1 aliphatic rings. The van der Waals surface area contributed by atoms with Crippen molar-refractivity contribution in [1.82, 2.24) is 4.90 Å². The van der Waals surface area contributed by atoms with Crippen molar-refractivity contribution >= 4 is 17.5 Å². The fourth-order valence-corrected chi connectivity index (χ4v) is 3.45. The Balaban J connectivity index is 1.57. The Kier molecular flexibility index (Phi) is 5.66. The summed E-state index contributed by atoms with van der Waals surface area (Å²) in [6.45, 7) is 1.95. The third-order valence-corrected chi connectivity index (χ3v) is 5.07. The van der Waals surface area contributed by atoms with E-state index in [0.717, 1.165) is 0 Å². The lowest BCUT2D eigenvalue weighted by Crippen LogP contribution is -2.37. The molecule has 158 valence electrons. The molecule has 1 heterocycles. The molecule has 0 saturated carbocycles. The number of ether oxygens (including phenoxy) is 1. The number of nitrogens with zero attached hydrogens (tertiary/aromatic N) is 1. The van der Waals surface area contributed by atoms with E-state index in [2.05, 4.69) is 5.32 Å². The Labute approximate surface area is 178 Å². The number of rotatable bonds is 4. The molecule has 1 aliphatic heterocycles. The molecule has 1 atom stereocenters. The van der Waals surface area contributed by atoms with Crippen molar-refractivity contribution in [2.45, 2.75) is 26.1 Å². The molecule has 31 heavy (non-hydrogen) atoms. The summed E-state index contributed by atoms with van der Waals surface area (Å²) in [4.78, 5) is 26.7. The van der Waals surface area contributed by atoms with Crippen LogP contribution in [-0.4, -0.2) is 22.8 Å². The molecule has 5 nitrogen and oxygen atoms in total. The van der Waals surface area contributed by atoms with Gasteiger partial charge in [0.2, 0.25) is 0 Å². The molecule has 3 aromatic carbocycles. The second-order valence-corrected chi connectivity index (χ2v) is 7.33. The van der Waals surface area contributed by atoms with Crippen LogP contribution in [0.15, 0.2) is 66.7 Å². The SMILES string of the molecule is C[C@@H]1Oc2ccc(NC(=O)c3ccc(F)cc3)cc2CN(Cc2ccccc2F)C1=O. The smallest absolute Gasteiger partial charge is 0.263 e. The van der Waals surface area contributed by atoms with E-state index in [1.807, 2.05) is 0 Å². The Morgan fingerprint density at radius 1 is 1.10 bits per heavy atom. The van der Waals surface area contributed by atoms with Crippen molar-refractivity contribution in [1.29, 1.82) is 0 Å². The summed E-state index contributed by atoms with van der Waals surface area (Å²) < 4.78 is 33.0. The highest BCUT2D eigenvalue weighted by Crippen LogP contribution is 2.30. The number of hydrogen-bond donors (Lipinski definition) is 1. The molecule has 0 fully saturated rings. The first-order chi connectivity index (χ1) is 14.9. The number of benzene rings is 3. The van der Waals surface area contributed by atoms with Crippen molar-refractivity contribution in [3.05, 3.63) is 95.1 Å². The summed E-state index contributed by atoms with van der Waals surface area (Å²) in [5.74, 6) is -0.920. The summed E-state index contributed by atoms with van der Waals surface area (Å²) in [5.41, 5.74) is 1.92. The third-order valence-electron chi connectivity index (χ3n) is 5.07. The maximum atomic E-state index is 14.1. The molecule has 0 unspecified atom stereocenters. The molecule has 1 N–H and O–H groups in total. The highest BCUT2D eigenvalue weighted by Gasteiger charge is 2.28. The van der Waals surface area contributed by atoms with Crippen molar-refractivity contribution < 1.29 is 23.1 Å². The summed E-state index contributed by atoms with van der Waals surface area (Å²) in [6, 6.07) is 16.6. The predicted octanol–water partition coefficient (Wildman–Crippen LogP) is 4.53. The molecule has 3 aromatic rings. The van der Waals surface area contributed by atoms with Gasteiger partial charge in [-0.1, -0.05) is 18.2 Å². The normalized spacial score (nSPS) is 15.6. The highest BCUT2D eigenvalue weighted by atomic mass is 19.1. The largest absolute Gasteiger partial charge is 0.481 e. The van der Waals surface area contributed by atoms with Crippen LogP contribution in [0.1, 0.15) is 28.4 Å². The van der Waals surface area contributed by atoms with Crippen LogP contribution in [0.3, 0.4) is 0 Å². The van der Waals surface area contributed by atoms with Crippen molar-refractivity contribution in [3.8, 4) is 5.75 Å². The summed E-state index contributed by atoms with van der Waals surface area (Å²) in [7, 11) is 0. The summed E-state index contributed by atoms with van der Waals surface area (Å²) in [5, 5.41) is 2.76. The van der Waals surface area contributed by atoms with Crippen LogP contribution >= 0.6 is 0 Å². The van der Waals surface area contributed by atoms with Gasteiger partial charge in [0.25, 0.3) is 11.8 Å². The van der Waals surface area contributed by atoms with Gasteiger partial charge in [-0.15, -0.1) is 0 Å². The number of carbonyl (C=O) groups excluding carboxylic acids is 2. The minimum absolute atomic E-state index is 0.102. The first kappa shape index (κ1) is 20.5. The topological polar surface area (TPSA) is 58.6 Å². The van der Waals surface area contributed by atoms with Gasteiger partial charge in [0.15, 0.2) is 6.10 Å². The van der Waals surface area contributed by atoms with E-state index in [4.69, 9.17) is 4.74 Å². The van der Waals surface area contributed by atoms with E-state index in [-0.39, 0.29) is 30.7 Å². The van der Waals surface area contributed by atoms with Crippen LogP contribution in [0.25, 0.3) is 0 Å². The van der Waals surface area contributed by atoms with Crippen molar-refractivity contribution in [2.75, 3.05) is 5.32 Å². The average Bonchev–Trinajstić information content (AvgIpc) is 2.87. The monoisotopic (exact) mass is 422 g/mol. The molecule has 0 saturated heterocycles. The van der Waals surface area contributed by atoms with Gasteiger partial charge in [0.05, 0.1) is 0 Å². The van der Waals surface area contributed by atoms with E-state index >= 15 is 0 Å². The van der Waals surface area contributed by atoms with Gasteiger partial charge in [-0.25, -0.2) is 8.78 Å². The van der Waals surface area contributed by atoms with Gasteiger partial charge in [0, 0.05) is 35.5 Å². The maximum Gasteiger partial charge on any atom is 0.263 e. The molecular weight excluding hydrogens is 402 g/mol. The van der Waals surface area contributed by atoms with Crippen LogP contribution in [-0.2, 0) is 17.9 Å². The quantitative estimate of drug-likeness (QED) is 0.672. The molecule has 7 heteroatoms. The summed E-state index contributed by atoms with van der Waals surface area (Å²) >= 11 is 0. The molecule has 2 amide bonds. The zero-order valence-corrected chi connectivity index (χ0v) is 16.8. The van der Waals surface area contributed by atoms with E-state index in [1.165, 1.54) is 35.2 Å². The van der Waals surface area contributed by atoms with Crippen LogP contribution < -0.4 is 10.1 Å². The lowest BCUT2D eigenvalue weighted by Gasteiger charge is -2.22. The Hall–Kier alpha value is -3.74. The minimum atomic E-state index is -0.729. The predicted molar refractivity (Wildman–Crippen MR) is 112 cm³/mol. The molecule has 0 aromatic heterocycles. The number of fused-ring (bicyclic) bond motifs is 1. The van der Waals surface area contributed by atoms with E-state index in [9.17, 15) is 18.4 Å². The molecule has 0 aliphatic carbocycles. The molecule has 0 bridgehead atoms. The fraction of sp³-hybridized carbons (Fsp3) is 0.167. The van der Waals surface area contributed by atoms with Gasteiger partial charge >= 0.3 is 0 Å². The van der Waals surface area contributed by atoms with Crippen molar-refractivity contribution in [3.63, 3.8) is 0 Å². The third kappa shape index (κ3) is 4.55. The maximum absolute atomic E-state index is 14.1. The number of carbonyl (C=O) groups is 2. The first-order valence-corrected chi connectivity index (χ1v) is 9.79. The Morgan fingerprint density at radius 2 is 1.84 bits per heavy atom. The van der Waals surface area contributed by atoms with Gasteiger partial charge in [0.1, 0.15) is 17.4 Å². The number of amides is 2. The lowest BCUT2D eigenvalue weighted by atomic mass is 10.1. The minimum Gasteiger partial charge on any atom is -0.481 e. The van der Waals surface area contributed by atoms with Gasteiger partial charge in [-0.3, -0.25) is 9.59 Å². The van der Waals surface area contributed by atoms with Crippen LogP contribution in [0, 0.1) is 11.6 Å². The average molecular weight is 422 g/mol. The van der Waals surface area contributed by atoms with Crippen LogP contribution in [0.5, 0.6) is 5.75 Å². The van der Waals surface area contributed by atoms with E-state index in [0.29, 0.717) is 28.1 Å². The second-order valence-electron chi connectivity index (χ2n) is 7.33. The van der Waals surface area contributed by atoms with Gasteiger partial charge < -0.3 is 15.0 Å². The summed E-state index contributed by atoms with van der Waals surface area (Å²) in [6.07, 6.45) is -0.729. The Bertz CT molecular complexity index is 1130. The molecular formula is C24H20F2N2O3. The van der Waals surface area contributed by atoms with Gasteiger partial charge in [-0.2, -0.15) is 0 Å². The van der Waals surface area contributed by atoms with E-state index in [1.54, 1.807) is 43.3 Å². The van der Waals surface area contributed by atoms with Crippen LogP contribution in [0.2, 0.25) is 0 Å². The van der Waals surface area contributed by atoms with E-state index < -0.39 is 11.9 Å². The molecule has 0 spiro atoms. The molecule has 0 radical (unpaired) electrons. The first-order valence-electron chi connectivity index (χ1n) is 9.79. The zero-order valence-electron chi connectivity index (χ0n) is 16.8. The second kappa shape index (κ2) is 8.55. The fourth-order valence-electron chi connectivity index (χ4n) is 3.45. The molecule has 4 rings (SSSR count). The number of halogens is 2. The van der Waals surface area contributed by atoms with Crippen molar-refractivity contribution in [2.24, 2.45) is 0 Å². The Morgan fingerprint density at radius 3 is 2.58 bits per heavy atom. The zero-order chi connectivity index (χ0) is 22.0. The van der Waals surface area contributed by atoms with Gasteiger partial charge in [-0.05, 0) is 55.5 Å². The number of hydrogen-bond acceptors (Lipinski definition) is 3. The lowest BCUT2D eigenvalue weighted by molar-refractivity contribution is -0.138. The standard InChI is InChI=1S/C24H20F2N2O3/c1-15-24(30)28(13-17-4-2-3-5-21(17)26)14-18-12-20(10-11-22(18)31-15)27-23(29)16-6-8-19(25)9-7-16/h2-12,15H,13-14H2,1H3,(H,27,29)/t15-/m0/s1. The van der Waals surface area contributed by atoms with Crippen LogP contribution in [0.4, 0.5) is 14.5 Å². The number of nitrogens with one attached hydrogen (secondary N) is 1. The highest BCUT2D eigenvalue weighted by molar-refractivity contribution is 6.04.